The molecule has 6 nitrogen and oxygen atoms in total. The van der Waals surface area contributed by atoms with E-state index in [2.05, 4.69) is 4.98 Å². The Bertz CT molecular complexity index is 693. The number of nitro groups is 1. The number of carbonyl (C=O) groups is 1. The Kier molecular flexibility index (Phi) is 3.94. The molecule has 0 aliphatic rings. The summed E-state index contributed by atoms with van der Waals surface area (Å²) in [6.45, 7) is 0. The third-order valence-corrected chi connectivity index (χ3v) is 3.35. The fourth-order valence-electron chi connectivity index (χ4n) is 1.40. The van der Waals surface area contributed by atoms with Gasteiger partial charge >= 0.3 is 5.97 Å². The minimum atomic E-state index is -1.18. The summed E-state index contributed by atoms with van der Waals surface area (Å²) in [5, 5.41) is 19.3. The average Bonchev–Trinajstić information content (AvgIpc) is 2.41. The van der Waals surface area contributed by atoms with Gasteiger partial charge in [0.2, 0.25) is 0 Å². The van der Waals surface area contributed by atoms with Gasteiger partial charge in [-0.1, -0.05) is 11.8 Å². The quantitative estimate of drug-likeness (QED) is 0.688. The molecule has 0 fully saturated rings. The van der Waals surface area contributed by atoms with Crippen molar-refractivity contribution in [1.82, 2.24) is 4.98 Å². The van der Waals surface area contributed by atoms with Crippen LogP contribution in [0.25, 0.3) is 0 Å². The molecule has 0 saturated carbocycles. The number of aromatic carboxylic acids is 1. The van der Waals surface area contributed by atoms with Crippen molar-refractivity contribution in [3.63, 3.8) is 0 Å². The molecular formula is C12H7FN2O4S. The Morgan fingerprint density at radius 1 is 1.35 bits per heavy atom. The number of carboxylic acids is 1. The van der Waals surface area contributed by atoms with Crippen LogP contribution in [-0.2, 0) is 0 Å². The molecule has 1 heterocycles. The molecule has 2 rings (SSSR count). The lowest BCUT2D eigenvalue weighted by atomic mass is 10.3. The van der Waals surface area contributed by atoms with Crippen molar-refractivity contribution in [2.24, 2.45) is 0 Å². The second-order valence-corrected chi connectivity index (χ2v) is 4.77. The van der Waals surface area contributed by atoms with Gasteiger partial charge in [-0.25, -0.2) is 14.2 Å². The lowest BCUT2D eigenvalue weighted by molar-refractivity contribution is -0.385. The second-order valence-electron chi connectivity index (χ2n) is 3.66. The molecule has 102 valence electrons. The summed E-state index contributed by atoms with van der Waals surface area (Å²) in [5.41, 5.74) is -0.495. The van der Waals surface area contributed by atoms with Crippen LogP contribution in [0.3, 0.4) is 0 Å². The molecule has 20 heavy (non-hydrogen) atoms. The third kappa shape index (κ3) is 3.09. The minimum Gasteiger partial charge on any atom is -0.477 e. The summed E-state index contributed by atoms with van der Waals surface area (Å²) in [7, 11) is 0. The number of nitro benzene ring substituents is 1. The number of carboxylic acid groups (broad SMARTS) is 1. The van der Waals surface area contributed by atoms with Crippen LogP contribution in [0.15, 0.2) is 46.3 Å². The Hall–Kier alpha value is -2.48. The summed E-state index contributed by atoms with van der Waals surface area (Å²) < 4.78 is 13.7. The zero-order chi connectivity index (χ0) is 14.7. The van der Waals surface area contributed by atoms with E-state index in [1.807, 2.05) is 0 Å². The maximum atomic E-state index is 13.7. The molecule has 1 aromatic heterocycles. The molecule has 0 spiro atoms. The van der Waals surface area contributed by atoms with Crippen LogP contribution in [0.1, 0.15) is 10.5 Å². The Morgan fingerprint density at radius 2 is 2.10 bits per heavy atom. The van der Waals surface area contributed by atoms with Gasteiger partial charge in [0, 0.05) is 22.1 Å². The van der Waals surface area contributed by atoms with E-state index >= 15 is 0 Å². The van der Waals surface area contributed by atoms with Gasteiger partial charge in [-0.05, 0) is 18.2 Å². The molecule has 0 aliphatic heterocycles. The summed E-state index contributed by atoms with van der Waals surface area (Å²) in [6, 6.07) is 6.11. The Labute approximate surface area is 116 Å². The first-order valence-electron chi connectivity index (χ1n) is 5.28. The number of hydrogen-bond donors (Lipinski definition) is 1. The van der Waals surface area contributed by atoms with Crippen molar-refractivity contribution in [3.8, 4) is 0 Å². The standard InChI is InChI=1S/C12H7FN2O4S/c13-9-5-7(15(18)19)1-2-11(9)20-8-3-4-14-10(6-8)12(16)17/h1-6H,(H,16,17). The Balaban J connectivity index is 2.28. The largest absolute Gasteiger partial charge is 0.477 e. The minimum absolute atomic E-state index is 0.155. The monoisotopic (exact) mass is 294 g/mol. The van der Waals surface area contributed by atoms with E-state index in [9.17, 15) is 19.3 Å². The molecule has 8 heteroatoms. The lowest BCUT2D eigenvalue weighted by Crippen LogP contribution is -1.99. The maximum absolute atomic E-state index is 13.7. The highest BCUT2D eigenvalue weighted by molar-refractivity contribution is 7.99. The van der Waals surface area contributed by atoms with Gasteiger partial charge in [0.1, 0.15) is 11.5 Å². The molecule has 0 amide bonds. The van der Waals surface area contributed by atoms with Gasteiger partial charge in [0.15, 0.2) is 0 Å². The summed E-state index contributed by atoms with van der Waals surface area (Å²) in [4.78, 5) is 24.9. The van der Waals surface area contributed by atoms with Gasteiger partial charge in [-0.2, -0.15) is 0 Å². The van der Waals surface area contributed by atoms with Crippen LogP contribution in [0.5, 0.6) is 0 Å². The molecule has 0 unspecified atom stereocenters. The lowest BCUT2D eigenvalue weighted by Gasteiger charge is -2.03. The van der Waals surface area contributed by atoms with E-state index in [-0.39, 0.29) is 16.3 Å². The molecule has 0 radical (unpaired) electrons. The third-order valence-electron chi connectivity index (χ3n) is 2.30. The number of nitrogens with zero attached hydrogens (tertiary/aromatic N) is 2. The van der Waals surface area contributed by atoms with Gasteiger partial charge in [-0.3, -0.25) is 10.1 Å². The first kappa shape index (κ1) is 13.9. The van der Waals surface area contributed by atoms with E-state index in [4.69, 9.17) is 5.11 Å². The molecule has 2 aromatic rings. The van der Waals surface area contributed by atoms with Crippen LogP contribution in [0, 0.1) is 15.9 Å². The van der Waals surface area contributed by atoms with E-state index < -0.39 is 16.7 Å². The fraction of sp³-hybridized carbons (Fsp3) is 0. The van der Waals surface area contributed by atoms with Crippen molar-refractivity contribution in [2.45, 2.75) is 9.79 Å². The van der Waals surface area contributed by atoms with Crippen LogP contribution >= 0.6 is 11.8 Å². The topological polar surface area (TPSA) is 93.3 Å². The molecule has 1 N–H and O–H groups in total. The molecule has 0 atom stereocenters. The zero-order valence-corrected chi connectivity index (χ0v) is 10.6. The predicted molar refractivity (Wildman–Crippen MR) is 68.4 cm³/mol. The number of rotatable bonds is 4. The number of aromatic nitrogens is 1. The van der Waals surface area contributed by atoms with E-state index in [0.29, 0.717) is 4.90 Å². The van der Waals surface area contributed by atoms with Crippen molar-refractivity contribution < 1.29 is 19.2 Å². The van der Waals surface area contributed by atoms with Crippen LogP contribution < -0.4 is 0 Å². The first-order chi connectivity index (χ1) is 9.47. The molecule has 0 saturated heterocycles. The van der Waals surface area contributed by atoms with Gasteiger partial charge in [0.05, 0.1) is 11.0 Å². The van der Waals surface area contributed by atoms with Crippen molar-refractivity contribution >= 4 is 23.4 Å². The molecule has 0 bridgehead atoms. The van der Waals surface area contributed by atoms with E-state index in [0.717, 1.165) is 17.8 Å². The molecular weight excluding hydrogens is 287 g/mol. The highest BCUT2D eigenvalue weighted by Gasteiger charge is 2.12. The van der Waals surface area contributed by atoms with Crippen LogP contribution in [-0.4, -0.2) is 21.0 Å². The maximum Gasteiger partial charge on any atom is 0.354 e. The second kappa shape index (κ2) is 5.66. The average molecular weight is 294 g/mol. The van der Waals surface area contributed by atoms with Crippen molar-refractivity contribution in [2.75, 3.05) is 0 Å². The van der Waals surface area contributed by atoms with Crippen LogP contribution in [0.2, 0.25) is 0 Å². The summed E-state index contributed by atoms with van der Waals surface area (Å²) >= 11 is 0.965. The van der Waals surface area contributed by atoms with Gasteiger partial charge in [0.25, 0.3) is 5.69 Å². The number of halogens is 1. The van der Waals surface area contributed by atoms with Gasteiger partial charge in [-0.15, -0.1) is 0 Å². The van der Waals surface area contributed by atoms with Gasteiger partial charge < -0.3 is 5.11 Å². The number of benzene rings is 1. The highest BCUT2D eigenvalue weighted by Crippen LogP contribution is 2.31. The van der Waals surface area contributed by atoms with E-state index in [1.165, 1.54) is 30.5 Å². The Morgan fingerprint density at radius 3 is 2.70 bits per heavy atom. The summed E-state index contributed by atoms with van der Waals surface area (Å²) in [6.07, 6.45) is 1.30. The van der Waals surface area contributed by atoms with Crippen molar-refractivity contribution in [3.05, 3.63) is 58.2 Å². The summed E-state index contributed by atoms with van der Waals surface area (Å²) in [5.74, 6) is -1.92. The predicted octanol–water partition coefficient (Wildman–Crippen LogP) is 2.98. The first-order valence-corrected chi connectivity index (χ1v) is 6.10. The SMILES string of the molecule is O=C(O)c1cc(Sc2ccc([N+](=O)[O-])cc2F)ccn1. The molecule has 0 aliphatic carbocycles. The number of pyridine rings is 1. The number of non-ortho nitro benzene ring substituents is 1. The zero-order valence-electron chi connectivity index (χ0n) is 9.82. The number of hydrogen-bond acceptors (Lipinski definition) is 5. The molecule has 1 aromatic carbocycles. The van der Waals surface area contributed by atoms with Crippen molar-refractivity contribution in [1.29, 1.82) is 0 Å². The normalized spacial score (nSPS) is 10.2. The van der Waals surface area contributed by atoms with Crippen LogP contribution in [0.4, 0.5) is 10.1 Å². The van der Waals surface area contributed by atoms with E-state index in [1.54, 1.807) is 0 Å². The fourth-order valence-corrected chi connectivity index (χ4v) is 2.25. The smallest absolute Gasteiger partial charge is 0.354 e. The highest BCUT2D eigenvalue weighted by atomic mass is 32.2.